The molecule has 0 saturated carbocycles. The van der Waals surface area contributed by atoms with Crippen LogP contribution in [0.4, 0.5) is 4.39 Å². The lowest BCUT2D eigenvalue weighted by atomic mass is 10.1. The Bertz CT molecular complexity index is 749. The van der Waals surface area contributed by atoms with Crippen molar-refractivity contribution >= 4 is 0 Å². The van der Waals surface area contributed by atoms with Gasteiger partial charge in [0.05, 0.1) is 18.9 Å². The lowest BCUT2D eigenvalue weighted by molar-refractivity contribution is -0.160. The molecule has 1 aromatic heterocycles. The van der Waals surface area contributed by atoms with Crippen LogP contribution in [0, 0.1) is 23.6 Å². The Morgan fingerprint density at radius 1 is 1.12 bits per heavy atom. The van der Waals surface area contributed by atoms with Gasteiger partial charge in [-0.1, -0.05) is 18.1 Å². The van der Waals surface area contributed by atoms with Gasteiger partial charge in [0.15, 0.2) is 0 Å². The van der Waals surface area contributed by atoms with E-state index in [-0.39, 0.29) is 5.82 Å². The number of aromatic nitrogens is 1. The van der Waals surface area contributed by atoms with E-state index < -0.39 is 6.29 Å². The highest BCUT2D eigenvalue weighted by Crippen LogP contribution is 2.17. The van der Waals surface area contributed by atoms with Gasteiger partial charge in [0.1, 0.15) is 5.82 Å². The molecule has 3 rings (SSSR count). The first-order chi connectivity index (χ1) is 11.7. The fraction of sp³-hybridized carbons (Fsp3) is 0.250. The zero-order valence-electron chi connectivity index (χ0n) is 13.4. The summed E-state index contributed by atoms with van der Waals surface area (Å²) < 4.78 is 24.1. The molecular weight excluding hydrogens is 305 g/mol. The standard InChI is InChI=1S/C20H18FNO2/c1-2-3-16-13-23-20(24-14-16)11-5-15-4-10-19(22-12-15)17-6-8-18(21)9-7-17/h2-4,6-10,12,16,20H,13-14H2,1H3/b3-2+. The van der Waals surface area contributed by atoms with E-state index in [0.717, 1.165) is 16.8 Å². The van der Waals surface area contributed by atoms with Crippen LogP contribution in [0.3, 0.4) is 0 Å². The van der Waals surface area contributed by atoms with E-state index in [2.05, 4.69) is 22.9 Å². The molecule has 0 atom stereocenters. The monoisotopic (exact) mass is 323 g/mol. The second-order valence-corrected chi connectivity index (χ2v) is 5.49. The number of rotatable bonds is 2. The molecule has 0 bridgehead atoms. The van der Waals surface area contributed by atoms with Crippen LogP contribution in [0.25, 0.3) is 11.3 Å². The van der Waals surface area contributed by atoms with E-state index in [9.17, 15) is 4.39 Å². The largest absolute Gasteiger partial charge is 0.341 e. The van der Waals surface area contributed by atoms with E-state index in [0.29, 0.717) is 19.1 Å². The maximum atomic E-state index is 12.9. The molecule has 24 heavy (non-hydrogen) atoms. The topological polar surface area (TPSA) is 31.4 Å². The summed E-state index contributed by atoms with van der Waals surface area (Å²) in [6, 6.07) is 9.99. The fourth-order valence-electron chi connectivity index (χ4n) is 2.39. The van der Waals surface area contributed by atoms with Gasteiger partial charge in [0.25, 0.3) is 0 Å². The quantitative estimate of drug-likeness (QED) is 0.622. The maximum Gasteiger partial charge on any atom is 0.222 e. The van der Waals surface area contributed by atoms with Crippen molar-refractivity contribution in [3.05, 3.63) is 66.1 Å². The molecule has 2 aromatic rings. The van der Waals surface area contributed by atoms with Crippen LogP contribution in [0.1, 0.15) is 12.5 Å². The van der Waals surface area contributed by atoms with Crippen molar-refractivity contribution in [2.24, 2.45) is 5.92 Å². The molecular formula is C20H18FNO2. The predicted molar refractivity (Wildman–Crippen MR) is 90.5 cm³/mol. The fourth-order valence-corrected chi connectivity index (χ4v) is 2.39. The SMILES string of the molecule is C/C=C/C1COC(C#Cc2ccc(-c3ccc(F)cc3)nc2)OC1. The summed E-state index contributed by atoms with van der Waals surface area (Å²) in [7, 11) is 0. The number of benzene rings is 1. The third kappa shape index (κ3) is 4.29. The molecule has 1 aromatic carbocycles. The van der Waals surface area contributed by atoms with E-state index >= 15 is 0 Å². The van der Waals surface area contributed by atoms with Crippen LogP contribution in [-0.2, 0) is 9.47 Å². The lowest BCUT2D eigenvalue weighted by Crippen LogP contribution is -2.30. The Balaban J connectivity index is 1.62. The van der Waals surface area contributed by atoms with E-state index in [1.807, 2.05) is 25.1 Å². The second-order valence-electron chi connectivity index (χ2n) is 5.49. The van der Waals surface area contributed by atoms with Gasteiger partial charge in [0.2, 0.25) is 6.29 Å². The van der Waals surface area contributed by atoms with Gasteiger partial charge in [-0.3, -0.25) is 4.98 Å². The molecule has 122 valence electrons. The van der Waals surface area contributed by atoms with Crippen molar-refractivity contribution in [3.63, 3.8) is 0 Å². The Hall–Kier alpha value is -2.48. The van der Waals surface area contributed by atoms with Gasteiger partial charge in [-0.25, -0.2) is 4.39 Å². The molecule has 2 heterocycles. The highest BCUT2D eigenvalue weighted by Gasteiger charge is 2.18. The van der Waals surface area contributed by atoms with Crippen LogP contribution < -0.4 is 0 Å². The summed E-state index contributed by atoms with van der Waals surface area (Å²) in [5, 5.41) is 0. The van der Waals surface area contributed by atoms with Crippen molar-refractivity contribution in [2.75, 3.05) is 13.2 Å². The molecule has 0 spiro atoms. The summed E-state index contributed by atoms with van der Waals surface area (Å²) in [5.41, 5.74) is 2.42. The molecule has 0 N–H and O–H groups in total. The minimum Gasteiger partial charge on any atom is -0.341 e. The molecule has 1 aliphatic rings. The van der Waals surface area contributed by atoms with Crippen LogP contribution in [0.5, 0.6) is 0 Å². The Labute approximate surface area is 141 Å². The summed E-state index contributed by atoms with van der Waals surface area (Å²) in [5.74, 6) is 6.00. The predicted octanol–water partition coefficient (Wildman–Crippen LogP) is 3.80. The molecule has 0 aliphatic carbocycles. The first-order valence-electron chi connectivity index (χ1n) is 7.84. The van der Waals surface area contributed by atoms with Gasteiger partial charge < -0.3 is 9.47 Å². The maximum absolute atomic E-state index is 12.9. The number of ether oxygens (including phenoxy) is 2. The van der Waals surface area contributed by atoms with Crippen molar-refractivity contribution in [1.82, 2.24) is 4.98 Å². The first kappa shape index (κ1) is 16.4. The molecule has 0 radical (unpaired) electrons. The van der Waals surface area contributed by atoms with Crippen LogP contribution in [0.15, 0.2) is 54.7 Å². The molecule has 1 saturated heterocycles. The van der Waals surface area contributed by atoms with E-state index in [1.165, 1.54) is 12.1 Å². The molecule has 0 unspecified atom stereocenters. The van der Waals surface area contributed by atoms with Gasteiger partial charge >= 0.3 is 0 Å². The first-order valence-corrected chi connectivity index (χ1v) is 7.84. The highest BCUT2D eigenvalue weighted by molar-refractivity contribution is 5.59. The smallest absolute Gasteiger partial charge is 0.222 e. The van der Waals surface area contributed by atoms with Crippen LogP contribution in [-0.4, -0.2) is 24.5 Å². The van der Waals surface area contributed by atoms with Gasteiger partial charge in [0, 0.05) is 23.2 Å². The van der Waals surface area contributed by atoms with Gasteiger partial charge in [-0.05, 0) is 49.2 Å². The van der Waals surface area contributed by atoms with Crippen molar-refractivity contribution < 1.29 is 13.9 Å². The summed E-state index contributed by atoms with van der Waals surface area (Å²) in [4.78, 5) is 4.36. The van der Waals surface area contributed by atoms with Crippen LogP contribution >= 0.6 is 0 Å². The third-order valence-corrected chi connectivity index (χ3v) is 3.63. The van der Waals surface area contributed by atoms with Crippen molar-refractivity contribution in [3.8, 4) is 23.1 Å². The Kier molecular flexibility index (Phi) is 5.37. The van der Waals surface area contributed by atoms with Crippen molar-refractivity contribution in [2.45, 2.75) is 13.2 Å². The minimum absolute atomic E-state index is 0.259. The summed E-state index contributed by atoms with van der Waals surface area (Å²) >= 11 is 0. The molecule has 4 heteroatoms. The average Bonchev–Trinajstić information content (AvgIpc) is 2.63. The number of hydrogen-bond donors (Lipinski definition) is 0. The number of pyridine rings is 1. The van der Waals surface area contributed by atoms with E-state index in [4.69, 9.17) is 9.47 Å². The Morgan fingerprint density at radius 2 is 1.88 bits per heavy atom. The second kappa shape index (κ2) is 7.87. The number of allylic oxidation sites excluding steroid dienone is 1. The minimum atomic E-state index is -0.497. The number of nitrogens with zero attached hydrogens (tertiary/aromatic N) is 1. The van der Waals surface area contributed by atoms with Crippen LogP contribution in [0.2, 0.25) is 0 Å². The molecule has 1 aliphatic heterocycles. The molecule has 1 fully saturated rings. The van der Waals surface area contributed by atoms with Crippen molar-refractivity contribution in [1.29, 1.82) is 0 Å². The number of hydrogen-bond acceptors (Lipinski definition) is 3. The summed E-state index contributed by atoms with van der Waals surface area (Å²) in [6.07, 6.45) is 5.26. The average molecular weight is 323 g/mol. The lowest BCUT2D eigenvalue weighted by Gasteiger charge is -2.24. The number of halogens is 1. The molecule has 3 nitrogen and oxygen atoms in total. The normalized spacial score (nSPS) is 20.6. The zero-order valence-corrected chi connectivity index (χ0v) is 13.4. The van der Waals surface area contributed by atoms with Gasteiger partial charge in [-0.15, -0.1) is 0 Å². The third-order valence-electron chi connectivity index (χ3n) is 3.63. The molecule has 0 amide bonds. The highest BCUT2D eigenvalue weighted by atomic mass is 19.1. The summed E-state index contributed by atoms with van der Waals surface area (Å²) in [6.45, 7) is 3.21. The van der Waals surface area contributed by atoms with Gasteiger partial charge in [-0.2, -0.15) is 0 Å². The Morgan fingerprint density at radius 3 is 2.50 bits per heavy atom. The van der Waals surface area contributed by atoms with E-state index in [1.54, 1.807) is 18.3 Å². The zero-order chi connectivity index (χ0) is 16.8.